The Morgan fingerprint density at radius 3 is 2.46 bits per heavy atom. The fourth-order valence-electron chi connectivity index (χ4n) is 2.45. The molecule has 0 saturated carbocycles. The molecule has 26 heavy (non-hydrogen) atoms. The Bertz CT molecular complexity index is 849. The molecule has 0 bridgehead atoms. The van der Waals surface area contributed by atoms with E-state index in [-0.39, 0.29) is 23.7 Å². The molecule has 0 unspecified atom stereocenters. The number of nitrogens with one attached hydrogen (secondary N) is 2. The highest BCUT2D eigenvalue weighted by Gasteiger charge is 2.18. The maximum absolute atomic E-state index is 12.6. The predicted molar refractivity (Wildman–Crippen MR) is 98.4 cm³/mol. The van der Waals surface area contributed by atoms with E-state index < -0.39 is 10.8 Å². The van der Waals surface area contributed by atoms with E-state index in [4.69, 9.17) is 0 Å². The number of hydrogen-bond donors (Lipinski definition) is 2. The van der Waals surface area contributed by atoms with Crippen LogP contribution < -0.4 is 15.5 Å². The van der Waals surface area contributed by atoms with Gasteiger partial charge < -0.3 is 15.5 Å². The van der Waals surface area contributed by atoms with Gasteiger partial charge in [-0.05, 0) is 23.8 Å². The number of benzene rings is 2. The van der Waals surface area contributed by atoms with E-state index in [1.165, 1.54) is 12.1 Å². The van der Waals surface area contributed by atoms with Crippen molar-refractivity contribution >= 4 is 23.2 Å². The number of nitrogens with zero attached hydrogens (tertiary/aromatic N) is 2. The number of hydrogen-bond acceptors (Lipinski definition) is 5. The molecule has 0 atom stereocenters. The van der Waals surface area contributed by atoms with Crippen LogP contribution in [-0.4, -0.2) is 37.9 Å². The molecule has 136 valence electrons. The first-order valence-electron chi connectivity index (χ1n) is 7.88. The second-order valence-corrected chi connectivity index (χ2v) is 5.82. The molecule has 0 radical (unpaired) electrons. The SMILES string of the molecule is CNC(=O)c1cccc(CNC(=O)c2cc([N+](=O)[O-])ccc2N(C)C)c1. The Kier molecular flexibility index (Phi) is 5.90. The van der Waals surface area contributed by atoms with E-state index in [2.05, 4.69) is 10.6 Å². The molecular formula is C18H20N4O4. The number of carbonyl (C=O) groups excluding carboxylic acids is 2. The first-order chi connectivity index (χ1) is 12.3. The number of non-ortho nitro benzene ring substituents is 1. The topological polar surface area (TPSA) is 105 Å². The van der Waals surface area contributed by atoms with Gasteiger partial charge in [0.25, 0.3) is 17.5 Å². The fraction of sp³-hybridized carbons (Fsp3) is 0.222. The Morgan fingerprint density at radius 2 is 1.85 bits per heavy atom. The molecule has 2 N–H and O–H groups in total. The summed E-state index contributed by atoms with van der Waals surface area (Å²) in [7, 11) is 5.05. The normalized spacial score (nSPS) is 10.1. The van der Waals surface area contributed by atoms with Gasteiger partial charge in [0.15, 0.2) is 0 Å². The lowest BCUT2D eigenvalue weighted by Crippen LogP contribution is -2.26. The molecule has 0 aliphatic heterocycles. The summed E-state index contributed by atoms with van der Waals surface area (Å²) in [4.78, 5) is 36.4. The Morgan fingerprint density at radius 1 is 1.12 bits per heavy atom. The van der Waals surface area contributed by atoms with Crippen LogP contribution in [0.4, 0.5) is 11.4 Å². The van der Waals surface area contributed by atoms with Gasteiger partial charge in [0, 0.05) is 51.1 Å². The zero-order valence-electron chi connectivity index (χ0n) is 14.8. The van der Waals surface area contributed by atoms with Gasteiger partial charge in [-0.25, -0.2) is 0 Å². The summed E-state index contributed by atoms with van der Waals surface area (Å²) in [5.74, 6) is -0.644. The van der Waals surface area contributed by atoms with Gasteiger partial charge in [0.1, 0.15) is 0 Å². The summed E-state index contributed by atoms with van der Waals surface area (Å²) >= 11 is 0. The highest BCUT2D eigenvalue weighted by molar-refractivity contribution is 6.00. The Hall–Kier alpha value is -3.42. The van der Waals surface area contributed by atoms with E-state index in [0.717, 1.165) is 5.56 Å². The summed E-state index contributed by atoms with van der Waals surface area (Å²) in [5, 5.41) is 16.3. The van der Waals surface area contributed by atoms with E-state index in [1.54, 1.807) is 56.4 Å². The molecule has 2 aromatic carbocycles. The van der Waals surface area contributed by atoms with Gasteiger partial charge >= 0.3 is 0 Å². The van der Waals surface area contributed by atoms with Crippen LogP contribution in [0, 0.1) is 10.1 Å². The standard InChI is InChI=1S/C18H20N4O4/c1-19-17(23)13-6-4-5-12(9-13)11-20-18(24)15-10-14(22(25)26)7-8-16(15)21(2)3/h4-10H,11H2,1-3H3,(H,19,23)(H,20,24). The van der Waals surface area contributed by atoms with Gasteiger partial charge in [0.2, 0.25) is 0 Å². The lowest BCUT2D eigenvalue weighted by atomic mass is 10.1. The lowest BCUT2D eigenvalue weighted by Gasteiger charge is -2.17. The quantitative estimate of drug-likeness (QED) is 0.608. The van der Waals surface area contributed by atoms with Crippen LogP contribution in [0.5, 0.6) is 0 Å². The van der Waals surface area contributed by atoms with Crippen molar-refractivity contribution in [3.63, 3.8) is 0 Å². The van der Waals surface area contributed by atoms with Crippen molar-refractivity contribution in [2.75, 3.05) is 26.0 Å². The maximum atomic E-state index is 12.6. The number of amides is 2. The third kappa shape index (κ3) is 4.35. The Labute approximate surface area is 151 Å². The molecule has 0 heterocycles. The molecule has 0 fully saturated rings. The zero-order chi connectivity index (χ0) is 19.3. The summed E-state index contributed by atoms with van der Waals surface area (Å²) in [5.41, 5.74) is 1.88. The minimum absolute atomic E-state index is 0.151. The first-order valence-corrected chi connectivity index (χ1v) is 7.88. The number of anilines is 1. The second kappa shape index (κ2) is 8.11. The summed E-state index contributed by atoms with van der Waals surface area (Å²) in [6, 6.07) is 11.0. The molecule has 0 aliphatic carbocycles. The predicted octanol–water partition coefficient (Wildman–Crippen LogP) is 1.95. The number of carbonyl (C=O) groups is 2. The lowest BCUT2D eigenvalue weighted by molar-refractivity contribution is -0.384. The van der Waals surface area contributed by atoms with E-state index >= 15 is 0 Å². The third-order valence-electron chi connectivity index (χ3n) is 3.79. The molecule has 8 heteroatoms. The van der Waals surface area contributed by atoms with Gasteiger partial charge in [-0.1, -0.05) is 12.1 Å². The van der Waals surface area contributed by atoms with Crippen LogP contribution in [-0.2, 0) is 6.54 Å². The van der Waals surface area contributed by atoms with Gasteiger partial charge in [0.05, 0.1) is 10.5 Å². The number of rotatable bonds is 6. The van der Waals surface area contributed by atoms with Crippen molar-refractivity contribution in [3.8, 4) is 0 Å². The average molecular weight is 356 g/mol. The van der Waals surface area contributed by atoms with Crippen LogP contribution >= 0.6 is 0 Å². The third-order valence-corrected chi connectivity index (χ3v) is 3.79. The Balaban J connectivity index is 2.21. The highest BCUT2D eigenvalue weighted by Crippen LogP contribution is 2.24. The molecule has 0 spiro atoms. The highest BCUT2D eigenvalue weighted by atomic mass is 16.6. The van der Waals surface area contributed by atoms with Crippen molar-refractivity contribution in [1.82, 2.24) is 10.6 Å². The van der Waals surface area contributed by atoms with Crippen LogP contribution in [0.1, 0.15) is 26.3 Å². The molecule has 2 aromatic rings. The number of nitro groups is 1. The largest absolute Gasteiger partial charge is 0.377 e. The monoisotopic (exact) mass is 356 g/mol. The van der Waals surface area contributed by atoms with Gasteiger partial charge in [-0.2, -0.15) is 0 Å². The molecule has 2 amide bonds. The average Bonchev–Trinajstić information content (AvgIpc) is 2.64. The molecule has 2 rings (SSSR count). The summed E-state index contributed by atoms with van der Waals surface area (Å²) < 4.78 is 0. The first kappa shape index (κ1) is 18.9. The van der Waals surface area contributed by atoms with E-state index in [1.807, 2.05) is 0 Å². The van der Waals surface area contributed by atoms with Crippen molar-refractivity contribution in [3.05, 3.63) is 69.3 Å². The zero-order valence-corrected chi connectivity index (χ0v) is 14.8. The van der Waals surface area contributed by atoms with E-state index in [9.17, 15) is 19.7 Å². The van der Waals surface area contributed by atoms with Crippen molar-refractivity contribution in [1.29, 1.82) is 0 Å². The molecule has 0 saturated heterocycles. The fourth-order valence-corrected chi connectivity index (χ4v) is 2.45. The van der Waals surface area contributed by atoms with Gasteiger partial charge in [-0.3, -0.25) is 19.7 Å². The molecule has 0 aromatic heterocycles. The smallest absolute Gasteiger partial charge is 0.270 e. The molecule has 8 nitrogen and oxygen atoms in total. The van der Waals surface area contributed by atoms with Crippen LogP contribution in [0.2, 0.25) is 0 Å². The van der Waals surface area contributed by atoms with Gasteiger partial charge in [-0.15, -0.1) is 0 Å². The molecule has 0 aliphatic rings. The molecular weight excluding hydrogens is 336 g/mol. The van der Waals surface area contributed by atoms with Crippen LogP contribution in [0.15, 0.2) is 42.5 Å². The maximum Gasteiger partial charge on any atom is 0.270 e. The van der Waals surface area contributed by atoms with Crippen LogP contribution in [0.25, 0.3) is 0 Å². The van der Waals surface area contributed by atoms with Crippen LogP contribution in [0.3, 0.4) is 0 Å². The minimum atomic E-state index is -0.539. The van der Waals surface area contributed by atoms with Crippen molar-refractivity contribution in [2.24, 2.45) is 0 Å². The minimum Gasteiger partial charge on any atom is -0.377 e. The van der Waals surface area contributed by atoms with Crippen molar-refractivity contribution < 1.29 is 14.5 Å². The summed E-state index contributed by atoms with van der Waals surface area (Å²) in [6.45, 7) is 0.194. The van der Waals surface area contributed by atoms with Crippen molar-refractivity contribution in [2.45, 2.75) is 6.54 Å². The second-order valence-electron chi connectivity index (χ2n) is 5.82. The number of nitro benzene ring substituents is 1. The summed E-state index contributed by atoms with van der Waals surface area (Å²) in [6.07, 6.45) is 0. The van der Waals surface area contributed by atoms with E-state index in [0.29, 0.717) is 11.3 Å².